The number of hydrogen-bond acceptors (Lipinski definition) is 5. The van der Waals surface area contributed by atoms with E-state index in [1.165, 1.54) is 0 Å². The average molecular weight is 387 g/mol. The molecule has 3 N–H and O–H groups in total. The smallest absolute Gasteiger partial charge is 0.268 e. The van der Waals surface area contributed by atoms with Gasteiger partial charge in [0.25, 0.3) is 5.91 Å². The van der Waals surface area contributed by atoms with Crippen LogP contribution in [-0.4, -0.2) is 10.9 Å². The highest BCUT2D eigenvalue weighted by atomic mass is 32.1. The molecule has 1 heterocycles. The van der Waals surface area contributed by atoms with Gasteiger partial charge in [0.2, 0.25) is 0 Å². The zero-order valence-corrected chi connectivity index (χ0v) is 15.6. The molecule has 0 spiro atoms. The highest BCUT2D eigenvalue weighted by Gasteiger charge is 2.20. The number of rotatable bonds is 5. The summed E-state index contributed by atoms with van der Waals surface area (Å²) in [5.41, 5.74) is 7.87. The molecule has 1 aromatic heterocycles. The molecule has 1 amide bonds. The minimum absolute atomic E-state index is 0.280. The van der Waals surface area contributed by atoms with Crippen molar-refractivity contribution in [2.24, 2.45) is 0 Å². The summed E-state index contributed by atoms with van der Waals surface area (Å²) in [5, 5.41) is 3.27. The third-order valence-electron chi connectivity index (χ3n) is 4.00. The van der Waals surface area contributed by atoms with Crippen LogP contribution in [0.2, 0.25) is 0 Å². The van der Waals surface area contributed by atoms with Crippen LogP contribution in [0, 0.1) is 0 Å². The lowest BCUT2D eigenvalue weighted by atomic mass is 10.1. The van der Waals surface area contributed by atoms with Crippen LogP contribution in [0.25, 0.3) is 11.3 Å². The molecule has 0 unspecified atom stereocenters. The number of thiazole rings is 1. The van der Waals surface area contributed by atoms with Crippen LogP contribution in [0.5, 0.6) is 11.5 Å². The Hall–Kier alpha value is -3.64. The minimum atomic E-state index is -0.280. The van der Waals surface area contributed by atoms with E-state index < -0.39 is 0 Å². The number of carbonyl (C=O) groups is 1. The SMILES string of the molecule is Nc1nc(-c2ccccc2)c(C(=O)Nc2ccccc2Oc2ccccc2)s1. The predicted octanol–water partition coefficient (Wildman–Crippen LogP) is 5.44. The first kappa shape index (κ1) is 17.8. The molecule has 0 atom stereocenters. The van der Waals surface area contributed by atoms with Crippen molar-refractivity contribution in [1.82, 2.24) is 4.98 Å². The Morgan fingerprint density at radius 2 is 1.54 bits per heavy atom. The second-order valence-electron chi connectivity index (χ2n) is 5.96. The summed E-state index contributed by atoms with van der Waals surface area (Å²) in [5.74, 6) is 0.967. The van der Waals surface area contributed by atoms with E-state index >= 15 is 0 Å². The summed E-state index contributed by atoms with van der Waals surface area (Å²) in [6.07, 6.45) is 0. The van der Waals surface area contributed by atoms with Crippen molar-refractivity contribution in [3.05, 3.63) is 89.8 Å². The van der Waals surface area contributed by atoms with Gasteiger partial charge in [0.1, 0.15) is 10.6 Å². The molecule has 0 saturated heterocycles. The van der Waals surface area contributed by atoms with Gasteiger partial charge in [-0.2, -0.15) is 0 Å². The van der Waals surface area contributed by atoms with E-state index in [-0.39, 0.29) is 5.91 Å². The van der Waals surface area contributed by atoms with Gasteiger partial charge in [-0.05, 0) is 24.3 Å². The lowest BCUT2D eigenvalue weighted by molar-refractivity contribution is 0.103. The third-order valence-corrected chi connectivity index (χ3v) is 4.89. The second kappa shape index (κ2) is 7.94. The maximum Gasteiger partial charge on any atom is 0.268 e. The van der Waals surface area contributed by atoms with Gasteiger partial charge in [0.15, 0.2) is 10.9 Å². The average Bonchev–Trinajstić information content (AvgIpc) is 3.13. The quantitative estimate of drug-likeness (QED) is 0.478. The van der Waals surface area contributed by atoms with E-state index in [1.807, 2.05) is 78.9 Å². The summed E-state index contributed by atoms with van der Waals surface area (Å²) in [4.78, 5) is 17.8. The van der Waals surface area contributed by atoms with Crippen molar-refractivity contribution < 1.29 is 9.53 Å². The number of ether oxygens (including phenoxy) is 1. The number of para-hydroxylation sites is 3. The number of amides is 1. The van der Waals surface area contributed by atoms with Crippen LogP contribution in [0.3, 0.4) is 0 Å². The molecule has 0 aliphatic heterocycles. The van der Waals surface area contributed by atoms with Gasteiger partial charge in [0.05, 0.1) is 11.4 Å². The summed E-state index contributed by atoms with van der Waals surface area (Å²) >= 11 is 1.16. The molecule has 4 rings (SSSR count). The molecule has 5 nitrogen and oxygen atoms in total. The van der Waals surface area contributed by atoms with Crippen LogP contribution in [0.4, 0.5) is 10.8 Å². The fraction of sp³-hybridized carbons (Fsp3) is 0. The van der Waals surface area contributed by atoms with E-state index in [1.54, 1.807) is 6.07 Å². The number of nitrogen functional groups attached to an aromatic ring is 1. The third kappa shape index (κ3) is 3.87. The lowest BCUT2D eigenvalue weighted by Crippen LogP contribution is -2.12. The van der Waals surface area contributed by atoms with Gasteiger partial charge in [-0.1, -0.05) is 72.0 Å². The number of aromatic nitrogens is 1. The maximum atomic E-state index is 13.0. The molecule has 0 aliphatic rings. The van der Waals surface area contributed by atoms with Gasteiger partial charge in [-0.3, -0.25) is 4.79 Å². The Kier molecular flexibility index (Phi) is 5.03. The number of nitrogens with one attached hydrogen (secondary N) is 1. The van der Waals surface area contributed by atoms with Crippen molar-refractivity contribution in [2.75, 3.05) is 11.1 Å². The first-order valence-electron chi connectivity index (χ1n) is 8.66. The standard InChI is InChI=1S/C22H17N3O2S/c23-22-25-19(15-9-3-1-4-10-15)20(28-22)21(26)24-17-13-7-8-14-18(17)27-16-11-5-2-6-12-16/h1-14H,(H2,23,25)(H,24,26). The van der Waals surface area contributed by atoms with Crippen LogP contribution in [0.15, 0.2) is 84.9 Å². The monoisotopic (exact) mass is 387 g/mol. The van der Waals surface area contributed by atoms with Crippen LogP contribution in [0.1, 0.15) is 9.67 Å². The summed E-state index contributed by atoms with van der Waals surface area (Å²) in [6.45, 7) is 0. The van der Waals surface area contributed by atoms with Crippen LogP contribution >= 0.6 is 11.3 Å². The van der Waals surface area contributed by atoms with Crippen molar-refractivity contribution in [3.8, 4) is 22.8 Å². The molecule has 28 heavy (non-hydrogen) atoms. The number of carbonyl (C=O) groups excluding carboxylic acids is 1. The molecule has 0 bridgehead atoms. The summed E-state index contributed by atoms with van der Waals surface area (Å²) in [6, 6.07) is 26.2. The highest BCUT2D eigenvalue weighted by Crippen LogP contribution is 2.33. The fourth-order valence-electron chi connectivity index (χ4n) is 2.74. The Morgan fingerprint density at radius 1 is 0.893 bits per heavy atom. The van der Waals surface area contributed by atoms with Crippen LogP contribution < -0.4 is 15.8 Å². The number of hydrogen-bond donors (Lipinski definition) is 2. The normalized spacial score (nSPS) is 10.4. The highest BCUT2D eigenvalue weighted by molar-refractivity contribution is 7.17. The molecule has 0 fully saturated rings. The largest absolute Gasteiger partial charge is 0.455 e. The molecule has 138 valence electrons. The van der Waals surface area contributed by atoms with E-state index in [9.17, 15) is 4.79 Å². The lowest BCUT2D eigenvalue weighted by Gasteiger charge is -2.12. The van der Waals surface area contributed by atoms with Crippen molar-refractivity contribution in [1.29, 1.82) is 0 Å². The molecule has 0 aliphatic carbocycles. The molecule has 6 heteroatoms. The molecule has 0 radical (unpaired) electrons. The Morgan fingerprint density at radius 3 is 2.29 bits per heavy atom. The number of benzene rings is 3. The van der Waals surface area contributed by atoms with Crippen molar-refractivity contribution in [2.45, 2.75) is 0 Å². The first-order valence-corrected chi connectivity index (χ1v) is 9.47. The second-order valence-corrected chi connectivity index (χ2v) is 6.99. The zero-order chi connectivity index (χ0) is 19.3. The topological polar surface area (TPSA) is 77.2 Å². The Bertz CT molecular complexity index is 1100. The van der Waals surface area contributed by atoms with Gasteiger partial charge >= 0.3 is 0 Å². The van der Waals surface area contributed by atoms with E-state index in [0.29, 0.717) is 32.9 Å². The minimum Gasteiger partial charge on any atom is -0.455 e. The van der Waals surface area contributed by atoms with Crippen molar-refractivity contribution >= 4 is 28.1 Å². The zero-order valence-electron chi connectivity index (χ0n) is 14.8. The van der Waals surface area contributed by atoms with E-state index in [4.69, 9.17) is 10.5 Å². The first-order chi connectivity index (χ1) is 13.7. The summed E-state index contributed by atoms with van der Waals surface area (Å²) < 4.78 is 5.91. The van der Waals surface area contributed by atoms with Gasteiger partial charge in [-0.25, -0.2) is 4.98 Å². The Balaban J connectivity index is 1.62. The Labute approximate surface area is 166 Å². The number of nitrogens with two attached hydrogens (primary N) is 1. The molecule has 4 aromatic rings. The van der Waals surface area contributed by atoms with Crippen LogP contribution in [-0.2, 0) is 0 Å². The summed E-state index contributed by atoms with van der Waals surface area (Å²) in [7, 11) is 0. The number of anilines is 2. The van der Waals surface area contributed by atoms with Gasteiger partial charge in [0, 0.05) is 5.56 Å². The molecule has 0 saturated carbocycles. The molecular formula is C22H17N3O2S. The number of nitrogens with zero attached hydrogens (tertiary/aromatic N) is 1. The van der Waals surface area contributed by atoms with Gasteiger partial charge in [-0.15, -0.1) is 0 Å². The van der Waals surface area contributed by atoms with E-state index in [2.05, 4.69) is 10.3 Å². The molecule has 3 aromatic carbocycles. The predicted molar refractivity (Wildman–Crippen MR) is 113 cm³/mol. The maximum absolute atomic E-state index is 13.0. The fourth-order valence-corrected chi connectivity index (χ4v) is 3.49. The van der Waals surface area contributed by atoms with Crippen molar-refractivity contribution in [3.63, 3.8) is 0 Å². The molecular weight excluding hydrogens is 370 g/mol. The van der Waals surface area contributed by atoms with E-state index in [0.717, 1.165) is 16.9 Å². The van der Waals surface area contributed by atoms with Gasteiger partial charge < -0.3 is 15.8 Å².